The molecule has 6 N–H and O–H groups in total. The van der Waals surface area contributed by atoms with E-state index in [2.05, 4.69) is 20.2 Å². The fourth-order valence-corrected chi connectivity index (χ4v) is 6.85. The summed E-state index contributed by atoms with van der Waals surface area (Å²) in [5, 5.41) is 50.8. The number of likely N-dealkylation sites (tertiary alicyclic amines) is 1. The van der Waals surface area contributed by atoms with Crippen LogP contribution in [0.1, 0.15) is 36.8 Å². The number of nitrogens with one attached hydrogen (secondary N) is 1. The maximum Gasteiger partial charge on any atom is 0.227 e. The van der Waals surface area contributed by atoms with Crippen molar-refractivity contribution < 1.29 is 44.2 Å². The summed E-state index contributed by atoms with van der Waals surface area (Å²) in [5.41, 5.74) is 1.29. The van der Waals surface area contributed by atoms with Crippen LogP contribution in [0.3, 0.4) is 0 Å². The number of methoxy groups -OCH3 is 1. The third kappa shape index (κ3) is 9.59. The number of anilines is 1. The molecule has 1 aromatic carbocycles. The molecule has 2 aromatic rings. The van der Waals surface area contributed by atoms with Gasteiger partial charge in [-0.1, -0.05) is 6.07 Å². The van der Waals surface area contributed by atoms with E-state index in [9.17, 15) is 29.6 Å². The zero-order valence-corrected chi connectivity index (χ0v) is 27.5. The number of halogens is 1. The zero-order chi connectivity index (χ0) is 34.2. The minimum absolute atomic E-state index is 0.0381. The lowest BCUT2D eigenvalue weighted by Gasteiger charge is -2.39. The zero-order valence-electron chi connectivity index (χ0n) is 27.5. The lowest BCUT2D eigenvalue weighted by molar-refractivity contribution is -0.136. The molecule has 0 spiro atoms. The van der Waals surface area contributed by atoms with Crippen molar-refractivity contribution in [1.82, 2.24) is 20.2 Å². The summed E-state index contributed by atoms with van der Waals surface area (Å²) in [6.07, 6.45) is 1.83. The van der Waals surface area contributed by atoms with Crippen LogP contribution in [0.2, 0.25) is 0 Å². The van der Waals surface area contributed by atoms with Crippen LogP contribution in [-0.4, -0.2) is 130 Å². The Morgan fingerprint density at radius 2 is 1.79 bits per heavy atom. The van der Waals surface area contributed by atoms with E-state index < -0.39 is 36.8 Å². The summed E-state index contributed by atoms with van der Waals surface area (Å²) in [6.45, 7) is 3.62. The Balaban J connectivity index is 0.940. The first-order chi connectivity index (χ1) is 23.2. The number of rotatable bonds is 18. The molecular weight excluding hydrogens is 625 g/mol. The Hall–Kier alpha value is -2.98. The summed E-state index contributed by atoms with van der Waals surface area (Å²) in [4.78, 5) is 25.6. The second kappa shape index (κ2) is 17.1. The van der Waals surface area contributed by atoms with E-state index in [0.717, 1.165) is 43.9 Å². The van der Waals surface area contributed by atoms with Crippen molar-refractivity contribution >= 4 is 11.9 Å². The van der Waals surface area contributed by atoms with Gasteiger partial charge < -0.3 is 50.1 Å². The summed E-state index contributed by atoms with van der Waals surface area (Å²) in [7, 11) is 1.66. The van der Waals surface area contributed by atoms with E-state index in [1.165, 1.54) is 12.5 Å². The topological polar surface area (TPSA) is 181 Å². The summed E-state index contributed by atoms with van der Waals surface area (Å²) < 4.78 is 25.9. The van der Waals surface area contributed by atoms with E-state index in [0.29, 0.717) is 61.9 Å². The quantitative estimate of drug-likeness (QED) is 0.126. The minimum atomic E-state index is -1.67. The van der Waals surface area contributed by atoms with E-state index in [1.807, 2.05) is 12.4 Å². The van der Waals surface area contributed by atoms with Gasteiger partial charge in [-0.2, -0.15) is 0 Å². The van der Waals surface area contributed by atoms with Gasteiger partial charge >= 0.3 is 0 Å². The van der Waals surface area contributed by atoms with Crippen LogP contribution >= 0.6 is 0 Å². The number of hydrogen-bond acceptors (Lipinski definition) is 12. The molecule has 2 saturated heterocycles. The number of piperidine rings is 1. The molecule has 1 aliphatic carbocycles. The Kier molecular flexibility index (Phi) is 12.9. The Labute approximate surface area is 280 Å². The monoisotopic (exact) mass is 675 g/mol. The third-order valence-corrected chi connectivity index (χ3v) is 9.95. The molecule has 3 heterocycles. The molecular formula is C34H50FN5O8. The van der Waals surface area contributed by atoms with Gasteiger partial charge in [0.15, 0.2) is 0 Å². The maximum absolute atomic E-state index is 14.9. The van der Waals surface area contributed by atoms with Gasteiger partial charge in [0, 0.05) is 76.3 Å². The molecule has 0 bridgehead atoms. The SMILES string of the molecule is COCc1cnc(N2CCC([C@H]3C[C@H]3CCOc3ccc(CC(=O)N4CC(CNC[C@H](O)[C@@H](O)[C@H](O)[C@H](O)CO)C4)c(F)c3)CC2)nc1. The molecule has 5 rings (SSSR count). The lowest BCUT2D eigenvalue weighted by Crippen LogP contribution is -2.55. The van der Waals surface area contributed by atoms with E-state index in [4.69, 9.17) is 14.6 Å². The first-order valence-electron chi connectivity index (χ1n) is 16.9. The van der Waals surface area contributed by atoms with Crippen molar-refractivity contribution in [1.29, 1.82) is 0 Å². The Morgan fingerprint density at radius 1 is 1.08 bits per heavy atom. The van der Waals surface area contributed by atoms with E-state index >= 15 is 0 Å². The molecule has 0 unspecified atom stereocenters. The number of amides is 1. The van der Waals surface area contributed by atoms with Crippen LogP contribution in [0.4, 0.5) is 10.3 Å². The number of carbonyl (C=O) groups is 1. The van der Waals surface area contributed by atoms with E-state index in [-0.39, 0.29) is 24.8 Å². The highest BCUT2D eigenvalue weighted by molar-refractivity contribution is 5.79. The van der Waals surface area contributed by atoms with Gasteiger partial charge in [0.05, 0.1) is 32.3 Å². The minimum Gasteiger partial charge on any atom is -0.493 e. The molecule has 14 heteroatoms. The normalized spacial score (nSPS) is 22.6. The molecule has 0 radical (unpaired) electrons. The van der Waals surface area contributed by atoms with Crippen LogP contribution in [0.15, 0.2) is 30.6 Å². The summed E-state index contributed by atoms with van der Waals surface area (Å²) in [5.74, 6) is 2.79. The fraction of sp³-hybridized carbons (Fsp3) is 0.676. The fourth-order valence-electron chi connectivity index (χ4n) is 6.85. The standard InChI is InChI=1S/C34H50FN5O8/c1-47-20-21-14-37-34(38-15-21)39-7-4-23(5-8-39)27-10-24(27)6-9-48-26-3-2-25(28(35)12-26)11-31(44)40-17-22(18-40)13-36-16-29(42)32(45)33(46)30(43)19-41/h2-3,12,14-15,22-24,27,29-30,32-33,36,41-43,45-46H,4-11,13,16-20H2,1H3/t24-,27-,29+,30-,32-,33-/m1/s1. The third-order valence-electron chi connectivity index (χ3n) is 9.95. The van der Waals surface area contributed by atoms with Crippen molar-refractivity contribution in [3.05, 3.63) is 47.5 Å². The molecule has 48 heavy (non-hydrogen) atoms. The highest BCUT2D eigenvalue weighted by atomic mass is 19.1. The van der Waals surface area contributed by atoms with Crippen molar-refractivity contribution in [2.75, 3.05) is 64.5 Å². The number of aliphatic hydroxyl groups excluding tert-OH is 5. The van der Waals surface area contributed by atoms with Crippen LogP contribution in [0.25, 0.3) is 0 Å². The van der Waals surface area contributed by atoms with Gasteiger partial charge in [0.2, 0.25) is 11.9 Å². The van der Waals surface area contributed by atoms with Crippen LogP contribution < -0.4 is 15.0 Å². The van der Waals surface area contributed by atoms with Gasteiger partial charge in [-0.25, -0.2) is 14.4 Å². The second-order valence-electron chi connectivity index (χ2n) is 13.5. The number of benzene rings is 1. The predicted octanol–water partition coefficient (Wildman–Crippen LogP) is 0.110. The lowest BCUT2D eigenvalue weighted by atomic mass is 9.90. The number of aromatic nitrogens is 2. The molecule has 3 fully saturated rings. The first-order valence-corrected chi connectivity index (χ1v) is 16.9. The number of carbonyl (C=O) groups excluding carboxylic acids is 1. The predicted molar refractivity (Wildman–Crippen MR) is 174 cm³/mol. The van der Waals surface area contributed by atoms with Gasteiger partial charge in [0.25, 0.3) is 0 Å². The Morgan fingerprint density at radius 3 is 2.46 bits per heavy atom. The summed E-state index contributed by atoms with van der Waals surface area (Å²) in [6, 6.07) is 4.68. The number of hydrogen-bond donors (Lipinski definition) is 6. The van der Waals surface area contributed by atoms with Crippen molar-refractivity contribution in [3.63, 3.8) is 0 Å². The van der Waals surface area contributed by atoms with Crippen molar-refractivity contribution in [2.24, 2.45) is 23.7 Å². The molecule has 13 nitrogen and oxygen atoms in total. The van der Waals surface area contributed by atoms with Crippen LogP contribution in [0, 0.1) is 29.5 Å². The Bertz CT molecular complexity index is 1310. The molecule has 1 saturated carbocycles. The number of ether oxygens (including phenoxy) is 2. The average Bonchev–Trinajstić information content (AvgIpc) is 3.85. The molecule has 3 aliphatic rings. The highest BCUT2D eigenvalue weighted by Crippen LogP contribution is 2.49. The van der Waals surface area contributed by atoms with Crippen molar-refractivity contribution in [2.45, 2.75) is 63.1 Å². The first kappa shape index (κ1) is 36.3. The number of nitrogens with zero attached hydrogens (tertiary/aromatic N) is 4. The molecule has 1 amide bonds. The largest absolute Gasteiger partial charge is 0.493 e. The maximum atomic E-state index is 14.9. The smallest absolute Gasteiger partial charge is 0.227 e. The van der Waals surface area contributed by atoms with E-state index in [1.54, 1.807) is 24.1 Å². The molecule has 1 aromatic heterocycles. The van der Waals surface area contributed by atoms with Gasteiger partial charge in [-0.05, 0) is 55.1 Å². The molecule has 2 aliphatic heterocycles. The van der Waals surface area contributed by atoms with Gasteiger partial charge in [0.1, 0.15) is 29.9 Å². The van der Waals surface area contributed by atoms with Crippen molar-refractivity contribution in [3.8, 4) is 5.75 Å². The summed E-state index contributed by atoms with van der Waals surface area (Å²) >= 11 is 0. The van der Waals surface area contributed by atoms with Gasteiger partial charge in [-0.3, -0.25) is 4.79 Å². The second-order valence-corrected chi connectivity index (χ2v) is 13.5. The highest BCUT2D eigenvalue weighted by Gasteiger charge is 2.43. The molecule has 266 valence electrons. The van der Waals surface area contributed by atoms with Crippen LogP contribution in [0.5, 0.6) is 5.75 Å². The van der Waals surface area contributed by atoms with Crippen LogP contribution in [-0.2, 0) is 22.6 Å². The number of aliphatic hydroxyl groups is 5. The molecule has 6 atom stereocenters. The van der Waals surface area contributed by atoms with Gasteiger partial charge in [-0.15, -0.1) is 0 Å². The average molecular weight is 676 g/mol.